The van der Waals surface area contributed by atoms with Crippen molar-refractivity contribution in [1.29, 1.82) is 0 Å². The summed E-state index contributed by atoms with van der Waals surface area (Å²) in [7, 11) is 2.23. The van der Waals surface area contributed by atoms with Gasteiger partial charge in [0.15, 0.2) is 0 Å². The predicted octanol–water partition coefficient (Wildman–Crippen LogP) is 0.149. The van der Waals surface area contributed by atoms with Crippen molar-refractivity contribution in [1.82, 2.24) is 15.1 Å². The van der Waals surface area contributed by atoms with Crippen molar-refractivity contribution in [3.8, 4) is 0 Å². The Kier molecular flexibility index (Phi) is 3.82. The molecule has 1 amide bonds. The third-order valence-corrected chi connectivity index (χ3v) is 4.09. The number of nitrogens with zero attached hydrogens (tertiary/aromatic N) is 2. The van der Waals surface area contributed by atoms with Gasteiger partial charge in [-0.1, -0.05) is 0 Å². The molecule has 2 aliphatic rings. The quantitative estimate of drug-likeness (QED) is 0.690. The highest BCUT2D eigenvalue weighted by atomic mass is 16.2. The number of rotatable bonds is 1. The summed E-state index contributed by atoms with van der Waals surface area (Å²) in [6.45, 7) is 6.95. The summed E-state index contributed by atoms with van der Waals surface area (Å²) in [5.41, 5.74) is 0. The smallest absolute Gasteiger partial charge is 0.219 e. The average Bonchev–Trinajstić information content (AvgIpc) is 2.30. The minimum Gasteiger partial charge on any atom is -0.343 e. The van der Waals surface area contributed by atoms with Crippen LogP contribution in [0, 0.1) is 5.92 Å². The van der Waals surface area contributed by atoms with Crippen molar-refractivity contribution < 1.29 is 4.79 Å². The van der Waals surface area contributed by atoms with E-state index in [-0.39, 0.29) is 5.91 Å². The third-order valence-electron chi connectivity index (χ3n) is 4.09. The van der Waals surface area contributed by atoms with Crippen LogP contribution in [0.5, 0.6) is 0 Å². The molecule has 0 radical (unpaired) electrons. The van der Waals surface area contributed by atoms with Crippen LogP contribution in [0.4, 0.5) is 0 Å². The van der Waals surface area contributed by atoms with Gasteiger partial charge in [0.05, 0.1) is 0 Å². The van der Waals surface area contributed by atoms with E-state index in [1.165, 1.54) is 0 Å². The van der Waals surface area contributed by atoms with Crippen molar-refractivity contribution >= 4 is 5.91 Å². The molecule has 0 aromatic heterocycles. The summed E-state index contributed by atoms with van der Waals surface area (Å²) in [5.74, 6) is 0.988. The van der Waals surface area contributed by atoms with E-state index < -0.39 is 0 Å². The summed E-state index contributed by atoms with van der Waals surface area (Å²) in [4.78, 5) is 15.7. The number of piperazine rings is 1. The van der Waals surface area contributed by atoms with Crippen molar-refractivity contribution in [3.05, 3.63) is 0 Å². The fourth-order valence-electron chi connectivity index (χ4n) is 2.95. The number of hydrogen-bond donors (Lipinski definition) is 1. The largest absolute Gasteiger partial charge is 0.343 e. The van der Waals surface area contributed by atoms with Gasteiger partial charge in [0.25, 0.3) is 0 Å². The van der Waals surface area contributed by atoms with E-state index in [0.29, 0.717) is 6.04 Å². The number of carbonyl (C=O) groups excluding carboxylic acids is 1. The van der Waals surface area contributed by atoms with Gasteiger partial charge in [-0.05, 0) is 25.8 Å². The second-order valence-corrected chi connectivity index (χ2v) is 5.10. The van der Waals surface area contributed by atoms with Gasteiger partial charge in [-0.25, -0.2) is 0 Å². The van der Waals surface area contributed by atoms with Gasteiger partial charge in [-0.3, -0.25) is 4.79 Å². The predicted molar refractivity (Wildman–Crippen MR) is 64.3 cm³/mol. The fourth-order valence-corrected chi connectivity index (χ4v) is 2.95. The van der Waals surface area contributed by atoms with Crippen LogP contribution in [0.3, 0.4) is 0 Å². The third kappa shape index (κ3) is 2.55. The van der Waals surface area contributed by atoms with Crippen LogP contribution < -0.4 is 5.32 Å². The number of carbonyl (C=O) groups is 1. The van der Waals surface area contributed by atoms with E-state index in [0.717, 1.165) is 51.5 Å². The zero-order chi connectivity index (χ0) is 11.5. The first-order valence-corrected chi connectivity index (χ1v) is 6.35. The Morgan fingerprint density at radius 3 is 2.50 bits per heavy atom. The standard InChI is InChI=1S/C12H23N3O/c1-10(16)15-6-3-11(4-7-15)12-9-13-5-8-14(12)2/h11-13H,3-9H2,1-2H3. The lowest BCUT2D eigenvalue weighted by atomic mass is 9.87. The van der Waals surface area contributed by atoms with Crippen molar-refractivity contribution in [2.24, 2.45) is 5.92 Å². The van der Waals surface area contributed by atoms with Crippen molar-refractivity contribution in [2.75, 3.05) is 39.8 Å². The maximum atomic E-state index is 11.2. The lowest BCUT2D eigenvalue weighted by Crippen LogP contribution is -2.54. The van der Waals surface area contributed by atoms with E-state index in [4.69, 9.17) is 0 Å². The number of hydrogen-bond acceptors (Lipinski definition) is 3. The van der Waals surface area contributed by atoms with E-state index in [9.17, 15) is 4.79 Å². The Balaban J connectivity index is 1.85. The number of likely N-dealkylation sites (tertiary alicyclic amines) is 1. The second kappa shape index (κ2) is 5.15. The first-order chi connectivity index (χ1) is 7.68. The molecule has 0 saturated carbocycles. The van der Waals surface area contributed by atoms with Gasteiger partial charge < -0.3 is 15.1 Å². The summed E-state index contributed by atoms with van der Waals surface area (Å²) in [6.07, 6.45) is 2.33. The maximum Gasteiger partial charge on any atom is 0.219 e. The molecule has 1 N–H and O–H groups in total. The van der Waals surface area contributed by atoms with Gasteiger partial charge in [-0.2, -0.15) is 0 Å². The van der Waals surface area contributed by atoms with E-state index in [2.05, 4.69) is 17.3 Å². The summed E-state index contributed by atoms with van der Waals surface area (Å²) >= 11 is 0. The molecule has 0 aromatic rings. The van der Waals surface area contributed by atoms with Gasteiger partial charge in [0, 0.05) is 45.7 Å². The molecule has 0 bridgehead atoms. The molecular formula is C12H23N3O. The Bertz CT molecular complexity index is 249. The fraction of sp³-hybridized carbons (Fsp3) is 0.917. The second-order valence-electron chi connectivity index (χ2n) is 5.10. The Hall–Kier alpha value is -0.610. The number of likely N-dealkylation sites (N-methyl/N-ethyl adjacent to an activating group) is 1. The highest BCUT2D eigenvalue weighted by Gasteiger charge is 2.30. The molecule has 16 heavy (non-hydrogen) atoms. The van der Waals surface area contributed by atoms with E-state index in [1.54, 1.807) is 6.92 Å². The van der Waals surface area contributed by atoms with E-state index >= 15 is 0 Å². The zero-order valence-corrected chi connectivity index (χ0v) is 10.4. The lowest BCUT2D eigenvalue weighted by Gasteiger charge is -2.42. The lowest BCUT2D eigenvalue weighted by molar-refractivity contribution is -0.130. The Morgan fingerprint density at radius 1 is 1.25 bits per heavy atom. The minimum atomic E-state index is 0.230. The van der Waals surface area contributed by atoms with Crippen LogP contribution in [0.25, 0.3) is 0 Å². The number of amides is 1. The molecule has 2 aliphatic heterocycles. The first-order valence-electron chi connectivity index (χ1n) is 6.35. The molecule has 92 valence electrons. The van der Waals surface area contributed by atoms with Crippen LogP contribution in [0.1, 0.15) is 19.8 Å². The van der Waals surface area contributed by atoms with Crippen LogP contribution in [0.15, 0.2) is 0 Å². The Labute approximate surface area is 98.0 Å². The van der Waals surface area contributed by atoms with Gasteiger partial charge >= 0.3 is 0 Å². The maximum absolute atomic E-state index is 11.2. The van der Waals surface area contributed by atoms with Crippen molar-refractivity contribution in [3.63, 3.8) is 0 Å². The molecule has 0 aromatic carbocycles. The van der Waals surface area contributed by atoms with Crippen LogP contribution in [-0.4, -0.2) is 61.5 Å². The summed E-state index contributed by atoms with van der Waals surface area (Å²) < 4.78 is 0. The van der Waals surface area contributed by atoms with Gasteiger partial charge in [0.2, 0.25) is 5.91 Å². The topological polar surface area (TPSA) is 35.6 Å². The van der Waals surface area contributed by atoms with Gasteiger partial charge in [0.1, 0.15) is 0 Å². The van der Waals surface area contributed by atoms with E-state index in [1.807, 2.05) is 4.90 Å². The zero-order valence-electron chi connectivity index (χ0n) is 10.4. The molecular weight excluding hydrogens is 202 g/mol. The van der Waals surface area contributed by atoms with Crippen molar-refractivity contribution in [2.45, 2.75) is 25.8 Å². The molecule has 4 heteroatoms. The Morgan fingerprint density at radius 2 is 1.94 bits per heavy atom. The molecule has 2 rings (SSSR count). The van der Waals surface area contributed by atoms with Gasteiger partial charge in [-0.15, -0.1) is 0 Å². The van der Waals surface area contributed by atoms with Crippen LogP contribution in [-0.2, 0) is 4.79 Å². The minimum absolute atomic E-state index is 0.230. The summed E-state index contributed by atoms with van der Waals surface area (Å²) in [6, 6.07) is 0.669. The number of nitrogens with one attached hydrogen (secondary N) is 1. The highest BCUT2D eigenvalue weighted by molar-refractivity contribution is 5.73. The highest BCUT2D eigenvalue weighted by Crippen LogP contribution is 2.24. The molecule has 2 saturated heterocycles. The molecule has 4 nitrogen and oxygen atoms in total. The average molecular weight is 225 g/mol. The molecule has 0 spiro atoms. The van der Waals surface area contributed by atoms with Crippen LogP contribution in [0.2, 0.25) is 0 Å². The number of piperidine rings is 1. The molecule has 2 heterocycles. The normalized spacial score (nSPS) is 29.4. The monoisotopic (exact) mass is 225 g/mol. The molecule has 2 fully saturated rings. The summed E-state index contributed by atoms with van der Waals surface area (Å²) in [5, 5.41) is 3.47. The van der Waals surface area contributed by atoms with Crippen LogP contribution >= 0.6 is 0 Å². The molecule has 0 aliphatic carbocycles. The molecule has 1 unspecified atom stereocenters. The molecule has 1 atom stereocenters. The SMILES string of the molecule is CC(=O)N1CCC(C2CNCCN2C)CC1. The first kappa shape index (κ1) is 11.9.